The molecule has 0 aliphatic heterocycles. The molecule has 4 aromatic carbocycles. The van der Waals surface area contributed by atoms with E-state index in [1.54, 1.807) is 84.9 Å². The van der Waals surface area contributed by atoms with Crippen LogP contribution in [0.15, 0.2) is 147 Å². The average Bonchev–Trinajstić information content (AvgIpc) is 3.54. The van der Waals surface area contributed by atoms with Crippen LogP contribution in [0.4, 0.5) is 37.8 Å². The van der Waals surface area contributed by atoms with Crippen LogP contribution >= 0.6 is 11.3 Å². The molecule has 0 N–H and O–H groups in total. The maximum absolute atomic E-state index is 14.5. The first kappa shape index (κ1) is 34.9. The SMILES string of the molecule is C=CC(=O)OCCOc1ccc(N=Nc2ccc(N=Nc3ccc(N=Nc4cc5cc(F)c(OCCOC(=O)C=C)cc5s4)cc3)cc2)cc1. The molecule has 0 fully saturated rings. The second-order valence-corrected chi connectivity index (χ2v) is 11.0. The second kappa shape index (κ2) is 17.7. The molecular formula is C36H29FN6O6S. The van der Waals surface area contributed by atoms with Gasteiger partial charge in [0.15, 0.2) is 11.6 Å². The third kappa shape index (κ3) is 10.6. The van der Waals surface area contributed by atoms with Crippen LogP contribution in [0.1, 0.15) is 0 Å². The molecular weight excluding hydrogens is 663 g/mol. The summed E-state index contributed by atoms with van der Waals surface area (Å²) in [5, 5.41) is 26.9. The molecule has 12 nitrogen and oxygen atoms in total. The predicted octanol–water partition coefficient (Wildman–Crippen LogP) is 10.5. The first-order valence-corrected chi connectivity index (χ1v) is 15.8. The monoisotopic (exact) mass is 692 g/mol. The maximum atomic E-state index is 14.5. The molecule has 14 heteroatoms. The Morgan fingerprint density at radius 2 is 1.04 bits per heavy atom. The molecule has 252 valence electrons. The lowest BCUT2D eigenvalue weighted by molar-refractivity contribution is -0.139. The van der Waals surface area contributed by atoms with E-state index in [1.165, 1.54) is 17.4 Å². The number of benzene rings is 4. The van der Waals surface area contributed by atoms with E-state index in [0.717, 1.165) is 16.9 Å². The predicted molar refractivity (Wildman–Crippen MR) is 187 cm³/mol. The molecule has 0 saturated carbocycles. The van der Waals surface area contributed by atoms with E-state index in [-0.39, 0.29) is 32.2 Å². The zero-order chi connectivity index (χ0) is 35.1. The highest BCUT2D eigenvalue weighted by Gasteiger charge is 2.10. The fourth-order valence-electron chi connectivity index (χ4n) is 4.02. The summed E-state index contributed by atoms with van der Waals surface area (Å²) in [4.78, 5) is 22.2. The number of carbonyl (C=O) groups excluding carboxylic acids is 2. The summed E-state index contributed by atoms with van der Waals surface area (Å²) >= 11 is 1.33. The minimum Gasteiger partial charge on any atom is -0.490 e. The summed E-state index contributed by atoms with van der Waals surface area (Å²) in [5.74, 6) is -0.930. The zero-order valence-electron chi connectivity index (χ0n) is 26.5. The van der Waals surface area contributed by atoms with Gasteiger partial charge < -0.3 is 18.9 Å². The largest absolute Gasteiger partial charge is 0.490 e. The highest BCUT2D eigenvalue weighted by Crippen LogP contribution is 2.36. The fourth-order valence-corrected chi connectivity index (χ4v) is 4.91. The van der Waals surface area contributed by atoms with E-state index in [1.807, 2.05) is 0 Å². The van der Waals surface area contributed by atoms with Gasteiger partial charge >= 0.3 is 11.9 Å². The Bertz CT molecular complexity index is 2050. The van der Waals surface area contributed by atoms with Crippen molar-refractivity contribution in [1.82, 2.24) is 0 Å². The Hall–Kier alpha value is -6.41. The molecule has 0 bridgehead atoms. The van der Waals surface area contributed by atoms with Crippen molar-refractivity contribution in [3.05, 3.63) is 122 Å². The van der Waals surface area contributed by atoms with Crippen LogP contribution in [0.2, 0.25) is 0 Å². The number of hydrogen-bond donors (Lipinski definition) is 0. The highest BCUT2D eigenvalue weighted by atomic mass is 32.1. The average molecular weight is 693 g/mol. The van der Waals surface area contributed by atoms with Gasteiger partial charge in [-0.3, -0.25) is 0 Å². The topological polar surface area (TPSA) is 145 Å². The number of fused-ring (bicyclic) bond motifs is 1. The third-order valence-electron chi connectivity index (χ3n) is 6.43. The molecule has 0 atom stereocenters. The number of hydrogen-bond acceptors (Lipinski definition) is 13. The Morgan fingerprint density at radius 1 is 0.600 bits per heavy atom. The van der Waals surface area contributed by atoms with Gasteiger partial charge in [0.1, 0.15) is 37.2 Å². The number of nitrogens with zero attached hydrogens (tertiary/aromatic N) is 6. The van der Waals surface area contributed by atoms with Crippen LogP contribution in [-0.2, 0) is 19.1 Å². The summed E-state index contributed by atoms with van der Waals surface area (Å²) in [6, 6.07) is 25.9. The van der Waals surface area contributed by atoms with Gasteiger partial charge in [0.25, 0.3) is 0 Å². The summed E-state index contributed by atoms with van der Waals surface area (Å²) in [7, 11) is 0. The lowest BCUT2D eigenvalue weighted by Crippen LogP contribution is -2.10. The zero-order valence-corrected chi connectivity index (χ0v) is 27.3. The molecule has 50 heavy (non-hydrogen) atoms. The van der Waals surface area contributed by atoms with Gasteiger partial charge in [0.2, 0.25) is 0 Å². The lowest BCUT2D eigenvalue weighted by Gasteiger charge is -2.07. The molecule has 0 aliphatic rings. The molecule has 0 aliphatic carbocycles. The smallest absolute Gasteiger partial charge is 0.330 e. The normalized spacial score (nSPS) is 11.3. The van der Waals surface area contributed by atoms with Gasteiger partial charge in [-0.25, -0.2) is 14.0 Å². The van der Waals surface area contributed by atoms with Gasteiger partial charge in [0, 0.05) is 22.9 Å². The number of esters is 2. The van der Waals surface area contributed by atoms with Gasteiger partial charge in [-0.2, -0.15) is 20.5 Å². The quantitative estimate of drug-likeness (QED) is 0.0435. The summed E-state index contributed by atoms with van der Waals surface area (Å²) in [6.07, 6.45) is 2.15. The van der Waals surface area contributed by atoms with Crippen molar-refractivity contribution in [1.29, 1.82) is 0 Å². The summed E-state index contributed by atoms with van der Waals surface area (Å²) in [5.41, 5.74) is 3.16. The van der Waals surface area contributed by atoms with Crippen LogP contribution in [0.25, 0.3) is 10.1 Å². The Balaban J connectivity index is 1.10. The molecule has 1 aromatic heterocycles. The van der Waals surface area contributed by atoms with Crippen molar-refractivity contribution in [2.75, 3.05) is 26.4 Å². The van der Waals surface area contributed by atoms with Crippen LogP contribution in [0.5, 0.6) is 11.5 Å². The van der Waals surface area contributed by atoms with E-state index < -0.39 is 17.8 Å². The second-order valence-electron chi connectivity index (χ2n) is 9.97. The number of halogens is 1. The number of azo groups is 3. The van der Waals surface area contributed by atoms with Crippen LogP contribution in [0.3, 0.4) is 0 Å². The number of carbonyl (C=O) groups is 2. The number of ether oxygens (including phenoxy) is 4. The minimum absolute atomic E-state index is 0.00493. The van der Waals surface area contributed by atoms with E-state index in [9.17, 15) is 14.0 Å². The molecule has 0 unspecified atom stereocenters. The molecule has 0 spiro atoms. The van der Waals surface area contributed by atoms with Gasteiger partial charge in [0.05, 0.1) is 28.4 Å². The van der Waals surface area contributed by atoms with Gasteiger partial charge in [-0.15, -0.1) is 21.6 Å². The van der Waals surface area contributed by atoms with Crippen LogP contribution in [0, 0.1) is 5.82 Å². The van der Waals surface area contributed by atoms with Crippen LogP contribution in [-0.4, -0.2) is 38.4 Å². The number of rotatable bonds is 16. The molecule has 0 saturated heterocycles. The van der Waals surface area contributed by atoms with E-state index in [2.05, 4.69) is 43.8 Å². The Kier molecular flexibility index (Phi) is 12.3. The van der Waals surface area contributed by atoms with Crippen molar-refractivity contribution >= 4 is 66.8 Å². The van der Waals surface area contributed by atoms with E-state index in [4.69, 9.17) is 18.9 Å². The fraction of sp³-hybridized carbons (Fsp3) is 0.111. The van der Waals surface area contributed by atoms with Crippen molar-refractivity contribution in [2.24, 2.45) is 30.7 Å². The molecule has 0 radical (unpaired) electrons. The van der Waals surface area contributed by atoms with Crippen LogP contribution < -0.4 is 9.47 Å². The van der Waals surface area contributed by atoms with E-state index in [0.29, 0.717) is 44.6 Å². The van der Waals surface area contributed by atoms with Crippen molar-refractivity contribution in [3.8, 4) is 11.5 Å². The highest BCUT2D eigenvalue weighted by molar-refractivity contribution is 7.22. The lowest BCUT2D eigenvalue weighted by atomic mass is 10.2. The van der Waals surface area contributed by atoms with Crippen molar-refractivity contribution in [2.45, 2.75) is 0 Å². The molecule has 5 rings (SSSR count). The first-order valence-electron chi connectivity index (χ1n) is 15.0. The standard InChI is InChI=1S/C36H29FN6O6S/c1-3-35(44)48-19-17-46-30-15-13-29(14-16-30)41-40-26-7-5-25(6-8-26)38-39-27-9-11-28(12-10-27)42-43-34-22-24-21-31(37)32(23-33(24)50-34)47-18-20-49-36(45)4-2/h3-16,21-23H,1-2,17-20H2. The van der Waals surface area contributed by atoms with Gasteiger partial charge in [-0.05, 0) is 90.3 Å². The molecule has 1 heterocycles. The Morgan fingerprint density at radius 3 is 1.52 bits per heavy atom. The third-order valence-corrected chi connectivity index (χ3v) is 7.42. The van der Waals surface area contributed by atoms with Gasteiger partial charge in [-0.1, -0.05) is 13.2 Å². The number of thiophene rings is 1. The Labute approximate surface area is 289 Å². The summed E-state index contributed by atoms with van der Waals surface area (Å²) < 4.78 is 35.9. The van der Waals surface area contributed by atoms with Crippen molar-refractivity contribution in [3.63, 3.8) is 0 Å². The van der Waals surface area contributed by atoms with Crippen molar-refractivity contribution < 1.29 is 32.9 Å². The maximum Gasteiger partial charge on any atom is 0.330 e. The van der Waals surface area contributed by atoms with E-state index >= 15 is 0 Å². The minimum atomic E-state index is -0.572. The molecule has 0 amide bonds. The summed E-state index contributed by atoms with van der Waals surface area (Å²) in [6.45, 7) is 6.98. The first-order chi connectivity index (χ1) is 24.4. The molecule has 5 aromatic rings.